The second-order valence-electron chi connectivity index (χ2n) is 7.91. The van der Waals surface area contributed by atoms with E-state index in [9.17, 15) is 22.8 Å². The van der Waals surface area contributed by atoms with E-state index in [0.29, 0.717) is 24.5 Å². The van der Waals surface area contributed by atoms with E-state index >= 15 is 0 Å². The summed E-state index contributed by atoms with van der Waals surface area (Å²) in [4.78, 5) is 28.2. The lowest BCUT2D eigenvalue weighted by molar-refractivity contribution is -0.204. The van der Waals surface area contributed by atoms with Gasteiger partial charge in [-0.25, -0.2) is 14.9 Å². The number of nitrogens with zero attached hydrogens (tertiary/aromatic N) is 4. The molecule has 2 rings (SSSR count). The Bertz CT molecular complexity index is 865. The summed E-state index contributed by atoms with van der Waals surface area (Å²) in [5.41, 5.74) is 5.22. The fourth-order valence-electron chi connectivity index (χ4n) is 3.13. The van der Waals surface area contributed by atoms with Crippen molar-refractivity contribution in [3.05, 3.63) is 29.7 Å². The van der Waals surface area contributed by atoms with Crippen molar-refractivity contribution in [3.63, 3.8) is 0 Å². The number of H-pyrrole nitrogens is 1. The van der Waals surface area contributed by atoms with E-state index in [0.717, 1.165) is 0 Å². The van der Waals surface area contributed by atoms with Crippen molar-refractivity contribution in [2.24, 2.45) is 17.1 Å². The molecule has 0 bridgehead atoms. The Morgan fingerprint density at radius 2 is 1.97 bits per heavy atom. The third-order valence-corrected chi connectivity index (χ3v) is 4.46. The minimum Gasteiger partial charge on any atom is -0.386 e. The number of rotatable bonds is 8. The first kappa shape index (κ1) is 24.2. The van der Waals surface area contributed by atoms with Gasteiger partial charge in [0.15, 0.2) is 5.82 Å². The zero-order valence-electron chi connectivity index (χ0n) is 17.2. The molecule has 31 heavy (non-hydrogen) atoms. The number of tetrazole rings is 1. The van der Waals surface area contributed by atoms with Crippen LogP contribution in [0.1, 0.15) is 38.1 Å². The van der Waals surface area contributed by atoms with E-state index in [1.165, 1.54) is 0 Å². The molecule has 0 fully saturated rings. The number of pyridine rings is 1. The molecule has 0 spiro atoms. The Morgan fingerprint density at radius 1 is 1.26 bits per heavy atom. The normalized spacial score (nSPS) is 14.0. The molecule has 0 aromatic carbocycles. The third-order valence-electron chi connectivity index (χ3n) is 4.46. The van der Waals surface area contributed by atoms with Crippen LogP contribution in [-0.2, 0) is 20.7 Å². The van der Waals surface area contributed by atoms with Crippen LogP contribution in [-0.4, -0.2) is 56.8 Å². The molecular weight excluding hydrogens is 419 g/mol. The van der Waals surface area contributed by atoms with Gasteiger partial charge in [0.2, 0.25) is 0 Å². The lowest BCUT2D eigenvalue weighted by Crippen LogP contribution is -2.40. The predicted molar refractivity (Wildman–Crippen MR) is 103 cm³/mol. The van der Waals surface area contributed by atoms with Gasteiger partial charge in [0, 0.05) is 25.2 Å². The lowest BCUT2D eigenvalue weighted by Gasteiger charge is -2.33. The zero-order valence-corrected chi connectivity index (χ0v) is 17.2. The van der Waals surface area contributed by atoms with Crippen LogP contribution in [0.4, 0.5) is 19.0 Å². The van der Waals surface area contributed by atoms with Gasteiger partial charge in [-0.05, 0) is 33.9 Å². The number of halogens is 3. The van der Waals surface area contributed by atoms with Gasteiger partial charge < -0.3 is 15.8 Å². The number of anilines is 1. The van der Waals surface area contributed by atoms with Crippen molar-refractivity contribution in [1.29, 1.82) is 0 Å². The fourth-order valence-corrected chi connectivity index (χ4v) is 3.13. The largest absolute Gasteiger partial charge is 0.491 e. The molecule has 0 aliphatic rings. The first-order valence-electron chi connectivity index (χ1n) is 9.38. The predicted octanol–water partition coefficient (Wildman–Crippen LogP) is 1.59. The summed E-state index contributed by atoms with van der Waals surface area (Å²) in [7, 11) is 0. The minimum atomic E-state index is -5.29. The van der Waals surface area contributed by atoms with Crippen LogP contribution in [0.5, 0.6) is 0 Å². The number of aromatic amines is 1. The van der Waals surface area contributed by atoms with Crippen LogP contribution in [0.3, 0.4) is 0 Å². The second-order valence-corrected chi connectivity index (χ2v) is 7.91. The number of esters is 2. The molecule has 0 unspecified atom stereocenters. The molecule has 2 atom stereocenters. The molecule has 0 radical (unpaired) electrons. The molecule has 13 heteroatoms. The Hall–Kier alpha value is -3.09. The molecule has 0 amide bonds. The van der Waals surface area contributed by atoms with Crippen molar-refractivity contribution in [1.82, 2.24) is 25.6 Å². The average molecular weight is 443 g/mol. The first-order chi connectivity index (χ1) is 14.4. The first-order valence-corrected chi connectivity index (χ1v) is 9.38. The van der Waals surface area contributed by atoms with Crippen LogP contribution in [0.15, 0.2) is 18.3 Å². The van der Waals surface area contributed by atoms with Crippen molar-refractivity contribution in [3.8, 4) is 0 Å². The second kappa shape index (κ2) is 9.81. The summed E-state index contributed by atoms with van der Waals surface area (Å²) in [5, 5.41) is 16.4. The minimum absolute atomic E-state index is 0.151. The van der Waals surface area contributed by atoms with Gasteiger partial charge in [0.25, 0.3) is 0 Å². The summed E-state index contributed by atoms with van der Waals surface area (Å²) in [6.07, 6.45) is -3.59. The molecular formula is C18H24F3N7O3. The van der Waals surface area contributed by atoms with Gasteiger partial charge in [0.05, 0.1) is 5.92 Å². The smallest absolute Gasteiger partial charge is 0.386 e. The van der Waals surface area contributed by atoms with E-state index < -0.39 is 35.4 Å². The van der Waals surface area contributed by atoms with Crippen molar-refractivity contribution >= 4 is 17.8 Å². The molecule has 0 saturated carbocycles. The highest BCUT2D eigenvalue weighted by Gasteiger charge is 2.47. The highest BCUT2D eigenvalue weighted by molar-refractivity contribution is 5.90. The van der Waals surface area contributed by atoms with Gasteiger partial charge in [-0.3, -0.25) is 4.79 Å². The fraction of sp³-hybridized carbons (Fsp3) is 0.556. The summed E-state index contributed by atoms with van der Waals surface area (Å²) < 4.78 is 42.1. The molecule has 2 heterocycles. The van der Waals surface area contributed by atoms with Crippen molar-refractivity contribution in [2.45, 2.75) is 39.3 Å². The Balaban J connectivity index is 2.34. The summed E-state index contributed by atoms with van der Waals surface area (Å²) in [5.74, 6) is -5.11. The molecule has 2 aromatic rings. The molecule has 0 aliphatic carbocycles. The molecule has 0 saturated heterocycles. The third kappa shape index (κ3) is 6.70. The van der Waals surface area contributed by atoms with E-state index in [-0.39, 0.29) is 12.2 Å². The Labute approximate surface area is 176 Å². The number of nitrogens with two attached hydrogens (primary N) is 1. The number of carbonyl (C=O) groups excluding carboxylic acids is 2. The van der Waals surface area contributed by atoms with Crippen LogP contribution >= 0.6 is 0 Å². The summed E-state index contributed by atoms with van der Waals surface area (Å²) in [6, 6.07) is 3.45. The van der Waals surface area contributed by atoms with Gasteiger partial charge in [-0.1, -0.05) is 26.8 Å². The number of nitrogens with one attached hydrogen (secondary N) is 2. The molecule has 170 valence electrons. The molecule has 0 aliphatic heterocycles. The van der Waals surface area contributed by atoms with E-state index in [1.54, 1.807) is 39.1 Å². The Morgan fingerprint density at radius 3 is 2.45 bits per heavy atom. The maximum Gasteiger partial charge on any atom is 0.491 e. The van der Waals surface area contributed by atoms with Gasteiger partial charge >= 0.3 is 18.1 Å². The standard InChI is InChI=1S/C18H24F3N7O3/c1-17(2,3)13(15(29)31-16(30)18(19,20)21)11(14-25-27-28-26-14)8-10-4-5-12(24-9-10)23-7-6-22/h4-5,9,11,13H,6-8,22H2,1-3H3,(H,23,24)(H,25,26,27,28)/t11-,13-/m0/s1. The number of aromatic nitrogens is 5. The maximum atomic E-state index is 12.7. The number of hydrogen-bond acceptors (Lipinski definition) is 9. The SMILES string of the molecule is CC(C)(C)[C@H](C(=O)OC(=O)C(F)(F)F)[C@H](Cc1ccc(NCCN)nc1)c1nnn[nH]1. The van der Waals surface area contributed by atoms with Crippen molar-refractivity contribution in [2.75, 3.05) is 18.4 Å². The van der Waals surface area contributed by atoms with Gasteiger partial charge in [-0.15, -0.1) is 5.10 Å². The topological polar surface area (TPSA) is 149 Å². The Kier molecular flexibility index (Phi) is 7.65. The molecule has 10 nitrogen and oxygen atoms in total. The van der Waals surface area contributed by atoms with Crippen molar-refractivity contribution < 1.29 is 27.5 Å². The van der Waals surface area contributed by atoms with Gasteiger partial charge in [0.1, 0.15) is 5.82 Å². The number of hydrogen-bond donors (Lipinski definition) is 3. The highest BCUT2D eigenvalue weighted by Crippen LogP contribution is 2.40. The maximum absolute atomic E-state index is 12.7. The van der Waals surface area contributed by atoms with E-state index in [2.05, 4.69) is 35.7 Å². The molecule has 4 N–H and O–H groups in total. The van der Waals surface area contributed by atoms with Crippen LogP contribution in [0.25, 0.3) is 0 Å². The van der Waals surface area contributed by atoms with Crippen LogP contribution in [0.2, 0.25) is 0 Å². The zero-order chi connectivity index (χ0) is 23.2. The summed E-state index contributed by atoms with van der Waals surface area (Å²) in [6.45, 7) is 5.89. The van der Waals surface area contributed by atoms with E-state index in [4.69, 9.17) is 5.73 Å². The monoisotopic (exact) mass is 443 g/mol. The van der Waals surface area contributed by atoms with Gasteiger partial charge in [-0.2, -0.15) is 13.2 Å². The summed E-state index contributed by atoms with van der Waals surface area (Å²) >= 11 is 0. The number of carbonyl (C=O) groups is 2. The average Bonchev–Trinajstić information content (AvgIpc) is 3.19. The van der Waals surface area contributed by atoms with Crippen LogP contribution in [0, 0.1) is 11.3 Å². The quantitative estimate of drug-likeness (QED) is 0.408. The number of alkyl halides is 3. The number of ether oxygens (including phenoxy) is 1. The molecule has 2 aromatic heterocycles. The highest BCUT2D eigenvalue weighted by atomic mass is 19.4. The van der Waals surface area contributed by atoms with E-state index in [1.807, 2.05) is 0 Å². The lowest BCUT2D eigenvalue weighted by atomic mass is 9.71. The van der Waals surface area contributed by atoms with Crippen LogP contribution < -0.4 is 11.1 Å².